The first-order valence-corrected chi connectivity index (χ1v) is 7.18. The lowest BCUT2D eigenvalue weighted by Crippen LogP contribution is -2.48. The SMILES string of the molecule is CC(C)(C)[C@@H](c1c(F)cccc1Cl)N1CCNCC1.Cl. The van der Waals surface area contributed by atoms with Crippen molar-refractivity contribution in [3.63, 3.8) is 0 Å². The molecular weight excluding hydrogens is 298 g/mol. The van der Waals surface area contributed by atoms with Crippen molar-refractivity contribution < 1.29 is 4.39 Å². The molecule has 0 aromatic heterocycles. The fraction of sp³-hybridized carbons (Fsp3) is 0.600. The summed E-state index contributed by atoms with van der Waals surface area (Å²) in [5.74, 6) is -0.203. The molecule has 0 unspecified atom stereocenters. The molecule has 0 bridgehead atoms. The Morgan fingerprint density at radius 3 is 2.35 bits per heavy atom. The van der Waals surface area contributed by atoms with Gasteiger partial charge in [0.15, 0.2) is 0 Å². The lowest BCUT2D eigenvalue weighted by Gasteiger charge is -2.43. The number of hydrogen-bond donors (Lipinski definition) is 1. The molecule has 114 valence electrons. The minimum absolute atomic E-state index is 0. The van der Waals surface area contributed by atoms with E-state index in [1.165, 1.54) is 6.07 Å². The summed E-state index contributed by atoms with van der Waals surface area (Å²) in [4.78, 5) is 2.33. The van der Waals surface area contributed by atoms with Crippen molar-refractivity contribution in [2.45, 2.75) is 26.8 Å². The maximum Gasteiger partial charge on any atom is 0.129 e. The zero-order chi connectivity index (χ0) is 14.0. The van der Waals surface area contributed by atoms with Gasteiger partial charge in [-0.05, 0) is 17.5 Å². The van der Waals surface area contributed by atoms with Gasteiger partial charge in [-0.2, -0.15) is 0 Å². The molecule has 1 atom stereocenters. The lowest BCUT2D eigenvalue weighted by atomic mass is 9.80. The molecule has 1 aliphatic heterocycles. The Bertz CT molecular complexity index is 420. The minimum atomic E-state index is -0.203. The van der Waals surface area contributed by atoms with E-state index in [2.05, 4.69) is 31.0 Å². The average molecular weight is 321 g/mol. The van der Waals surface area contributed by atoms with Gasteiger partial charge in [-0.3, -0.25) is 4.90 Å². The Labute approximate surface area is 132 Å². The molecule has 1 fully saturated rings. The molecule has 0 spiro atoms. The van der Waals surface area contributed by atoms with Gasteiger partial charge in [0.1, 0.15) is 5.82 Å². The van der Waals surface area contributed by atoms with Crippen LogP contribution in [-0.4, -0.2) is 31.1 Å². The molecular formula is C15H23Cl2FN2. The van der Waals surface area contributed by atoms with Crippen molar-refractivity contribution in [1.29, 1.82) is 0 Å². The number of nitrogens with zero attached hydrogens (tertiary/aromatic N) is 1. The summed E-state index contributed by atoms with van der Waals surface area (Å²) in [5.41, 5.74) is 0.571. The summed E-state index contributed by atoms with van der Waals surface area (Å²) >= 11 is 6.27. The highest BCUT2D eigenvalue weighted by Crippen LogP contribution is 2.42. The summed E-state index contributed by atoms with van der Waals surface area (Å²) in [7, 11) is 0. The van der Waals surface area contributed by atoms with E-state index in [1.807, 2.05) is 0 Å². The normalized spacial score (nSPS) is 18.4. The molecule has 20 heavy (non-hydrogen) atoms. The van der Waals surface area contributed by atoms with Crippen LogP contribution in [-0.2, 0) is 0 Å². The molecule has 1 heterocycles. The first-order valence-electron chi connectivity index (χ1n) is 6.80. The van der Waals surface area contributed by atoms with E-state index in [4.69, 9.17) is 11.6 Å². The summed E-state index contributed by atoms with van der Waals surface area (Å²) < 4.78 is 14.3. The van der Waals surface area contributed by atoms with Crippen LogP contribution >= 0.6 is 24.0 Å². The predicted molar refractivity (Wildman–Crippen MR) is 85.3 cm³/mol. The van der Waals surface area contributed by atoms with Crippen molar-refractivity contribution in [2.24, 2.45) is 5.41 Å². The average Bonchev–Trinajstić information content (AvgIpc) is 2.33. The van der Waals surface area contributed by atoms with Gasteiger partial charge in [0.2, 0.25) is 0 Å². The highest BCUT2D eigenvalue weighted by molar-refractivity contribution is 6.31. The first-order chi connectivity index (χ1) is 8.91. The Hall–Kier alpha value is -0.350. The second-order valence-electron chi connectivity index (χ2n) is 6.19. The van der Waals surface area contributed by atoms with Gasteiger partial charge < -0.3 is 5.32 Å². The van der Waals surface area contributed by atoms with E-state index in [0.29, 0.717) is 10.6 Å². The van der Waals surface area contributed by atoms with Crippen LogP contribution in [0.2, 0.25) is 5.02 Å². The topological polar surface area (TPSA) is 15.3 Å². The highest BCUT2D eigenvalue weighted by Gasteiger charge is 2.35. The van der Waals surface area contributed by atoms with Gasteiger partial charge in [0.05, 0.1) is 0 Å². The monoisotopic (exact) mass is 320 g/mol. The van der Waals surface area contributed by atoms with Crippen molar-refractivity contribution in [1.82, 2.24) is 10.2 Å². The van der Waals surface area contributed by atoms with Crippen molar-refractivity contribution in [2.75, 3.05) is 26.2 Å². The fourth-order valence-corrected chi connectivity index (χ4v) is 3.14. The molecule has 0 saturated carbocycles. The van der Waals surface area contributed by atoms with Crippen LogP contribution < -0.4 is 5.32 Å². The largest absolute Gasteiger partial charge is 0.314 e. The van der Waals surface area contributed by atoms with Crippen molar-refractivity contribution in [3.05, 3.63) is 34.6 Å². The van der Waals surface area contributed by atoms with Crippen LogP contribution in [0.5, 0.6) is 0 Å². The molecule has 2 rings (SSSR count). The number of halogens is 3. The number of piperazine rings is 1. The van der Waals surface area contributed by atoms with Crippen LogP contribution in [0.25, 0.3) is 0 Å². The summed E-state index contributed by atoms with van der Waals surface area (Å²) in [6.45, 7) is 10.2. The molecule has 1 aromatic rings. The van der Waals surface area contributed by atoms with E-state index < -0.39 is 0 Å². The van der Waals surface area contributed by atoms with Crippen molar-refractivity contribution in [3.8, 4) is 0 Å². The van der Waals surface area contributed by atoms with Gasteiger partial charge in [-0.25, -0.2) is 4.39 Å². The quantitative estimate of drug-likeness (QED) is 0.889. The summed E-state index contributed by atoms with van der Waals surface area (Å²) in [6.07, 6.45) is 0. The van der Waals surface area contributed by atoms with Gasteiger partial charge in [0.25, 0.3) is 0 Å². The fourth-order valence-electron chi connectivity index (χ4n) is 2.88. The summed E-state index contributed by atoms with van der Waals surface area (Å²) in [5, 5.41) is 3.86. The lowest BCUT2D eigenvalue weighted by molar-refractivity contribution is 0.0835. The molecule has 1 N–H and O–H groups in total. The number of rotatable bonds is 2. The van der Waals surface area contributed by atoms with Crippen LogP contribution in [0.15, 0.2) is 18.2 Å². The molecule has 0 amide bonds. The van der Waals surface area contributed by atoms with Crippen LogP contribution in [0.3, 0.4) is 0 Å². The number of benzene rings is 1. The van der Waals surface area contributed by atoms with Gasteiger partial charge >= 0.3 is 0 Å². The third-order valence-electron chi connectivity index (χ3n) is 3.61. The third kappa shape index (κ3) is 3.85. The van der Waals surface area contributed by atoms with Crippen LogP contribution in [0.1, 0.15) is 32.4 Å². The Morgan fingerprint density at radius 1 is 1.25 bits per heavy atom. The van der Waals surface area contributed by atoms with E-state index in [0.717, 1.165) is 26.2 Å². The number of hydrogen-bond acceptors (Lipinski definition) is 2. The van der Waals surface area contributed by atoms with Gasteiger partial charge in [-0.1, -0.05) is 38.4 Å². The van der Waals surface area contributed by atoms with Crippen molar-refractivity contribution >= 4 is 24.0 Å². The molecule has 1 aliphatic rings. The van der Waals surface area contributed by atoms with E-state index in [1.54, 1.807) is 12.1 Å². The molecule has 0 aliphatic carbocycles. The number of nitrogens with one attached hydrogen (secondary N) is 1. The van der Waals surface area contributed by atoms with E-state index in [-0.39, 0.29) is 29.7 Å². The third-order valence-corrected chi connectivity index (χ3v) is 3.94. The smallest absolute Gasteiger partial charge is 0.129 e. The molecule has 0 radical (unpaired) electrons. The maximum absolute atomic E-state index is 14.3. The molecule has 1 saturated heterocycles. The van der Waals surface area contributed by atoms with Gasteiger partial charge in [-0.15, -0.1) is 12.4 Å². The Morgan fingerprint density at radius 2 is 1.85 bits per heavy atom. The first kappa shape index (κ1) is 17.7. The van der Waals surface area contributed by atoms with Crippen LogP contribution in [0.4, 0.5) is 4.39 Å². The van der Waals surface area contributed by atoms with Gasteiger partial charge in [0, 0.05) is 42.8 Å². The zero-order valence-corrected chi connectivity index (χ0v) is 13.8. The molecule has 2 nitrogen and oxygen atoms in total. The van der Waals surface area contributed by atoms with E-state index >= 15 is 0 Å². The maximum atomic E-state index is 14.3. The predicted octanol–water partition coefficient (Wildman–Crippen LogP) is 3.89. The standard InChI is InChI=1S/C15H22ClFN2.ClH/c1-15(2,3)14(19-9-7-18-8-10-19)13-11(16)5-4-6-12(13)17;/h4-6,14,18H,7-10H2,1-3H3;1H/t14-;/m1./s1. The Balaban J connectivity index is 0.00000200. The molecule has 5 heteroatoms. The molecule has 1 aromatic carbocycles. The zero-order valence-electron chi connectivity index (χ0n) is 12.2. The summed E-state index contributed by atoms with van der Waals surface area (Å²) in [6, 6.07) is 4.95. The Kier molecular flexibility index (Phi) is 6.26. The second-order valence-corrected chi connectivity index (χ2v) is 6.60. The minimum Gasteiger partial charge on any atom is -0.314 e. The van der Waals surface area contributed by atoms with E-state index in [9.17, 15) is 4.39 Å². The highest BCUT2D eigenvalue weighted by atomic mass is 35.5. The van der Waals surface area contributed by atoms with Crippen LogP contribution in [0, 0.1) is 11.2 Å². The second kappa shape index (κ2) is 7.08.